The second-order valence-electron chi connectivity index (χ2n) is 2.02. The van der Waals surface area contributed by atoms with E-state index >= 15 is 0 Å². The first-order valence-electron chi connectivity index (χ1n) is 3.19. The molecule has 0 spiro atoms. The van der Waals surface area contributed by atoms with Gasteiger partial charge in [0.05, 0.1) is 11.2 Å². The summed E-state index contributed by atoms with van der Waals surface area (Å²) in [5, 5.41) is 5.22. The van der Waals surface area contributed by atoms with Crippen molar-refractivity contribution in [2.75, 3.05) is 6.54 Å². The second-order valence-corrected chi connectivity index (χ2v) is 3.18. The van der Waals surface area contributed by atoms with Gasteiger partial charge in [-0.15, -0.1) is 11.3 Å². The van der Waals surface area contributed by atoms with Crippen LogP contribution in [0.2, 0.25) is 0 Å². The van der Waals surface area contributed by atoms with E-state index in [4.69, 9.17) is 5.73 Å². The van der Waals surface area contributed by atoms with Crippen molar-refractivity contribution in [2.45, 2.75) is 6.42 Å². The van der Waals surface area contributed by atoms with Gasteiger partial charge >= 0.3 is 0 Å². The first-order chi connectivity index (χ1) is 5.29. The highest BCUT2D eigenvalue weighted by molar-refractivity contribution is 7.80. The Morgan fingerprint density at radius 2 is 2.64 bits per heavy atom. The average Bonchev–Trinajstić information content (AvgIpc) is 2.39. The molecule has 0 aliphatic carbocycles. The third-order valence-corrected chi connectivity index (χ3v) is 1.94. The Bertz CT molecular complexity index is 220. The van der Waals surface area contributed by atoms with E-state index in [9.17, 15) is 0 Å². The van der Waals surface area contributed by atoms with Crippen LogP contribution >= 0.6 is 23.6 Å². The van der Waals surface area contributed by atoms with Gasteiger partial charge in [-0.25, -0.2) is 4.98 Å². The predicted octanol–water partition coefficient (Wildman–Crippen LogP) is 0.519. The molecular weight excluding hydrogens is 178 g/mol. The van der Waals surface area contributed by atoms with E-state index < -0.39 is 0 Å². The standard InChI is InChI=1S/C6H9N3S2/c7-6(10)8-2-1-5-3-11-4-9-5/h3-4H,1-2H2,(H3,7,8,10). The minimum atomic E-state index is 0.347. The van der Waals surface area contributed by atoms with E-state index in [0.29, 0.717) is 5.11 Å². The maximum absolute atomic E-state index is 5.23. The number of hydrogen-bond donors (Lipinski definition) is 2. The van der Waals surface area contributed by atoms with Crippen molar-refractivity contribution in [3.8, 4) is 0 Å². The van der Waals surface area contributed by atoms with Gasteiger partial charge in [0, 0.05) is 18.3 Å². The van der Waals surface area contributed by atoms with Crippen molar-refractivity contribution in [1.29, 1.82) is 0 Å². The SMILES string of the molecule is NC(=S)NCCc1cscn1. The maximum atomic E-state index is 5.23. The predicted molar refractivity (Wildman–Crippen MR) is 50.6 cm³/mol. The quantitative estimate of drug-likeness (QED) is 0.677. The van der Waals surface area contributed by atoms with Gasteiger partial charge in [0.1, 0.15) is 0 Å². The number of rotatable bonds is 3. The van der Waals surface area contributed by atoms with Gasteiger partial charge in [-0.1, -0.05) is 0 Å². The van der Waals surface area contributed by atoms with Crippen LogP contribution in [-0.4, -0.2) is 16.6 Å². The Morgan fingerprint density at radius 1 is 1.82 bits per heavy atom. The number of hydrogen-bond acceptors (Lipinski definition) is 3. The van der Waals surface area contributed by atoms with Crippen molar-refractivity contribution in [3.63, 3.8) is 0 Å². The molecule has 0 fully saturated rings. The van der Waals surface area contributed by atoms with E-state index in [1.807, 2.05) is 10.9 Å². The van der Waals surface area contributed by atoms with E-state index in [1.165, 1.54) is 0 Å². The minimum absolute atomic E-state index is 0.347. The monoisotopic (exact) mass is 187 g/mol. The van der Waals surface area contributed by atoms with Crippen molar-refractivity contribution in [2.24, 2.45) is 5.73 Å². The summed E-state index contributed by atoms with van der Waals surface area (Å²) in [7, 11) is 0. The summed E-state index contributed by atoms with van der Waals surface area (Å²) >= 11 is 6.23. The van der Waals surface area contributed by atoms with Crippen LogP contribution in [0.4, 0.5) is 0 Å². The zero-order valence-corrected chi connectivity index (χ0v) is 7.54. The molecule has 0 radical (unpaired) electrons. The minimum Gasteiger partial charge on any atom is -0.376 e. The molecule has 0 aliphatic heterocycles. The third kappa shape index (κ3) is 3.29. The van der Waals surface area contributed by atoms with Gasteiger partial charge in [-0.2, -0.15) is 0 Å². The first kappa shape index (κ1) is 8.42. The summed E-state index contributed by atoms with van der Waals surface area (Å²) in [6, 6.07) is 0. The molecule has 1 aromatic heterocycles. The molecule has 5 heteroatoms. The molecule has 3 N–H and O–H groups in total. The van der Waals surface area contributed by atoms with Crippen LogP contribution in [0, 0.1) is 0 Å². The van der Waals surface area contributed by atoms with E-state index in [0.717, 1.165) is 18.7 Å². The molecule has 1 aromatic rings. The molecule has 60 valence electrons. The molecule has 0 unspecified atom stereocenters. The lowest BCUT2D eigenvalue weighted by atomic mass is 10.3. The van der Waals surface area contributed by atoms with Gasteiger partial charge in [-0.3, -0.25) is 0 Å². The Kier molecular flexibility index (Phi) is 3.25. The topological polar surface area (TPSA) is 50.9 Å². The highest BCUT2D eigenvalue weighted by Crippen LogP contribution is 2.00. The lowest BCUT2D eigenvalue weighted by Gasteiger charge is -1.99. The van der Waals surface area contributed by atoms with Crippen LogP contribution in [0.25, 0.3) is 0 Å². The van der Waals surface area contributed by atoms with Crippen molar-refractivity contribution in [1.82, 2.24) is 10.3 Å². The zero-order valence-electron chi connectivity index (χ0n) is 5.91. The van der Waals surface area contributed by atoms with Crippen LogP contribution in [0.15, 0.2) is 10.9 Å². The summed E-state index contributed by atoms with van der Waals surface area (Å²) < 4.78 is 0. The smallest absolute Gasteiger partial charge is 0.163 e. The number of thiocarbonyl (C=S) groups is 1. The first-order valence-corrected chi connectivity index (χ1v) is 4.54. The van der Waals surface area contributed by atoms with Crippen LogP contribution in [0.3, 0.4) is 0 Å². The number of nitrogens with two attached hydrogens (primary N) is 1. The summed E-state index contributed by atoms with van der Waals surface area (Å²) in [6.45, 7) is 0.763. The number of aromatic nitrogens is 1. The highest BCUT2D eigenvalue weighted by Gasteiger charge is 1.93. The lowest BCUT2D eigenvalue weighted by Crippen LogP contribution is -2.30. The molecular formula is C6H9N3S2. The summed E-state index contributed by atoms with van der Waals surface area (Å²) in [4.78, 5) is 4.11. The molecule has 0 atom stereocenters. The van der Waals surface area contributed by atoms with Crippen molar-refractivity contribution >= 4 is 28.7 Å². The van der Waals surface area contributed by atoms with Gasteiger partial charge in [-0.05, 0) is 12.2 Å². The lowest BCUT2D eigenvalue weighted by molar-refractivity contribution is 0.851. The molecule has 11 heavy (non-hydrogen) atoms. The third-order valence-electron chi connectivity index (χ3n) is 1.16. The maximum Gasteiger partial charge on any atom is 0.163 e. The van der Waals surface area contributed by atoms with Crippen LogP contribution < -0.4 is 11.1 Å². The van der Waals surface area contributed by atoms with Crippen LogP contribution in [0.1, 0.15) is 5.69 Å². The molecule has 1 heterocycles. The van der Waals surface area contributed by atoms with Crippen molar-refractivity contribution in [3.05, 3.63) is 16.6 Å². The summed E-state index contributed by atoms with van der Waals surface area (Å²) in [5.41, 5.74) is 8.13. The largest absolute Gasteiger partial charge is 0.376 e. The molecule has 0 amide bonds. The van der Waals surface area contributed by atoms with Gasteiger partial charge in [0.2, 0.25) is 0 Å². The van der Waals surface area contributed by atoms with Gasteiger partial charge < -0.3 is 11.1 Å². The van der Waals surface area contributed by atoms with E-state index in [-0.39, 0.29) is 0 Å². The normalized spacial score (nSPS) is 9.45. The molecule has 1 rings (SSSR count). The zero-order chi connectivity index (χ0) is 8.10. The Morgan fingerprint density at radius 3 is 3.18 bits per heavy atom. The van der Waals surface area contributed by atoms with Crippen LogP contribution in [-0.2, 0) is 6.42 Å². The fourth-order valence-corrected chi connectivity index (χ4v) is 1.37. The Labute approximate surface area is 74.6 Å². The molecule has 0 bridgehead atoms. The molecule has 3 nitrogen and oxygen atoms in total. The van der Waals surface area contributed by atoms with Crippen LogP contribution in [0.5, 0.6) is 0 Å². The number of nitrogens with zero attached hydrogens (tertiary/aromatic N) is 1. The average molecular weight is 187 g/mol. The molecule has 0 aliphatic rings. The Hall–Kier alpha value is -0.680. The van der Waals surface area contributed by atoms with Gasteiger partial charge in [0.25, 0.3) is 0 Å². The second kappa shape index (κ2) is 4.25. The van der Waals surface area contributed by atoms with E-state index in [1.54, 1.807) is 11.3 Å². The molecule has 0 saturated carbocycles. The molecule has 0 aromatic carbocycles. The number of thiazole rings is 1. The molecule has 0 saturated heterocycles. The fourth-order valence-electron chi connectivity index (χ4n) is 0.675. The summed E-state index contributed by atoms with van der Waals surface area (Å²) in [6.07, 6.45) is 0.876. The van der Waals surface area contributed by atoms with Crippen molar-refractivity contribution < 1.29 is 0 Å². The fraction of sp³-hybridized carbons (Fsp3) is 0.333. The van der Waals surface area contributed by atoms with E-state index in [2.05, 4.69) is 22.5 Å². The Balaban J connectivity index is 2.19. The highest BCUT2D eigenvalue weighted by atomic mass is 32.1. The van der Waals surface area contributed by atoms with Gasteiger partial charge in [0.15, 0.2) is 5.11 Å². The summed E-state index contributed by atoms with van der Waals surface area (Å²) in [5.74, 6) is 0. The number of nitrogens with one attached hydrogen (secondary N) is 1.